The van der Waals surface area contributed by atoms with E-state index in [9.17, 15) is 0 Å². The van der Waals surface area contributed by atoms with E-state index >= 15 is 0 Å². The number of rotatable bonds is 7. The number of aliphatic hydroxyl groups excluding tert-OH is 1. The van der Waals surface area contributed by atoms with Crippen LogP contribution in [0.4, 0.5) is 0 Å². The van der Waals surface area contributed by atoms with E-state index in [1.807, 2.05) is 0 Å². The highest BCUT2D eigenvalue weighted by atomic mass is 32.1. The molecule has 0 radical (unpaired) electrons. The molecule has 92 valence electrons. The maximum atomic E-state index is 9.03. The molecule has 1 aromatic rings. The SMILES string of the molecule is CC(C)COCCCn1c(CO)n[nH]c1=S. The van der Waals surface area contributed by atoms with Gasteiger partial charge in [-0.05, 0) is 24.6 Å². The summed E-state index contributed by atoms with van der Waals surface area (Å²) in [5.74, 6) is 1.14. The molecule has 0 unspecified atom stereocenters. The van der Waals surface area contributed by atoms with Crippen molar-refractivity contribution < 1.29 is 9.84 Å². The van der Waals surface area contributed by atoms with Crippen molar-refractivity contribution in [2.75, 3.05) is 13.2 Å². The second kappa shape index (κ2) is 6.78. The zero-order valence-electron chi connectivity index (χ0n) is 9.77. The molecule has 0 aliphatic rings. The van der Waals surface area contributed by atoms with Gasteiger partial charge in [0, 0.05) is 19.8 Å². The van der Waals surface area contributed by atoms with Gasteiger partial charge in [-0.2, -0.15) is 5.10 Å². The standard InChI is InChI=1S/C10H19N3O2S/c1-8(2)7-15-5-3-4-13-9(6-14)11-12-10(13)16/h8,14H,3-7H2,1-2H3,(H,12,16). The van der Waals surface area contributed by atoms with Gasteiger partial charge in [0.1, 0.15) is 6.61 Å². The fourth-order valence-electron chi connectivity index (χ4n) is 1.35. The van der Waals surface area contributed by atoms with Crippen molar-refractivity contribution >= 4 is 12.2 Å². The predicted octanol–water partition coefficient (Wildman–Crippen LogP) is 1.50. The number of aromatic nitrogens is 3. The summed E-state index contributed by atoms with van der Waals surface area (Å²) in [6, 6.07) is 0. The molecule has 0 aliphatic heterocycles. The molecule has 0 atom stereocenters. The minimum Gasteiger partial charge on any atom is -0.388 e. The average Bonchev–Trinajstić information content (AvgIpc) is 2.59. The Labute approximate surface area is 100 Å². The first kappa shape index (κ1) is 13.3. The van der Waals surface area contributed by atoms with E-state index in [1.54, 1.807) is 4.57 Å². The van der Waals surface area contributed by atoms with Crippen LogP contribution >= 0.6 is 12.2 Å². The minimum absolute atomic E-state index is 0.0972. The van der Waals surface area contributed by atoms with Crippen LogP contribution < -0.4 is 0 Å². The van der Waals surface area contributed by atoms with E-state index in [-0.39, 0.29) is 6.61 Å². The molecule has 0 aromatic carbocycles. The van der Waals surface area contributed by atoms with Crippen LogP contribution in [0.2, 0.25) is 0 Å². The summed E-state index contributed by atoms with van der Waals surface area (Å²) in [5, 5.41) is 15.6. The topological polar surface area (TPSA) is 63.1 Å². The summed E-state index contributed by atoms with van der Waals surface area (Å²) in [6.45, 7) is 6.36. The van der Waals surface area contributed by atoms with Crippen molar-refractivity contribution in [3.63, 3.8) is 0 Å². The lowest BCUT2D eigenvalue weighted by molar-refractivity contribution is 0.105. The molecule has 0 spiro atoms. The summed E-state index contributed by atoms with van der Waals surface area (Å²) in [5.41, 5.74) is 0. The van der Waals surface area contributed by atoms with Gasteiger partial charge in [0.25, 0.3) is 0 Å². The second-order valence-electron chi connectivity index (χ2n) is 4.08. The number of H-pyrrole nitrogens is 1. The van der Waals surface area contributed by atoms with Crippen LogP contribution in [-0.2, 0) is 17.9 Å². The molecule has 1 aromatic heterocycles. The Morgan fingerprint density at radius 1 is 1.56 bits per heavy atom. The highest BCUT2D eigenvalue weighted by Gasteiger charge is 2.03. The maximum absolute atomic E-state index is 9.03. The van der Waals surface area contributed by atoms with Crippen molar-refractivity contribution in [2.24, 2.45) is 5.92 Å². The minimum atomic E-state index is -0.0972. The van der Waals surface area contributed by atoms with Gasteiger partial charge in [0.2, 0.25) is 0 Å². The van der Waals surface area contributed by atoms with Gasteiger partial charge in [0.15, 0.2) is 10.6 Å². The van der Waals surface area contributed by atoms with E-state index in [2.05, 4.69) is 24.0 Å². The molecule has 0 amide bonds. The number of hydrogen-bond donors (Lipinski definition) is 2. The van der Waals surface area contributed by atoms with Gasteiger partial charge in [-0.1, -0.05) is 13.8 Å². The molecule has 5 nitrogen and oxygen atoms in total. The summed E-state index contributed by atoms with van der Waals surface area (Å²) in [6.07, 6.45) is 0.869. The predicted molar refractivity (Wildman–Crippen MR) is 63.6 cm³/mol. The van der Waals surface area contributed by atoms with Gasteiger partial charge >= 0.3 is 0 Å². The lowest BCUT2D eigenvalue weighted by atomic mass is 10.2. The van der Waals surface area contributed by atoms with Crippen molar-refractivity contribution in [3.05, 3.63) is 10.6 Å². The van der Waals surface area contributed by atoms with Crippen molar-refractivity contribution in [1.82, 2.24) is 14.8 Å². The Kier molecular flexibility index (Phi) is 5.65. The molecule has 1 heterocycles. The Balaban J connectivity index is 2.31. The van der Waals surface area contributed by atoms with Gasteiger partial charge in [-0.3, -0.25) is 5.10 Å². The largest absolute Gasteiger partial charge is 0.388 e. The number of ether oxygens (including phenoxy) is 1. The first-order valence-electron chi connectivity index (χ1n) is 5.47. The smallest absolute Gasteiger partial charge is 0.195 e. The Morgan fingerprint density at radius 2 is 2.31 bits per heavy atom. The first-order chi connectivity index (χ1) is 7.65. The molecule has 0 aliphatic carbocycles. The second-order valence-corrected chi connectivity index (χ2v) is 4.46. The van der Waals surface area contributed by atoms with Crippen molar-refractivity contribution in [2.45, 2.75) is 33.4 Å². The molecule has 1 rings (SSSR count). The normalized spacial score (nSPS) is 11.2. The van der Waals surface area contributed by atoms with E-state index in [0.717, 1.165) is 19.6 Å². The fraction of sp³-hybridized carbons (Fsp3) is 0.800. The Bertz CT molecular complexity index is 359. The third kappa shape index (κ3) is 4.03. The number of nitrogens with zero attached hydrogens (tertiary/aromatic N) is 2. The van der Waals surface area contributed by atoms with Crippen LogP contribution in [0.1, 0.15) is 26.1 Å². The van der Waals surface area contributed by atoms with E-state index < -0.39 is 0 Å². The molecule has 0 fully saturated rings. The third-order valence-corrected chi connectivity index (χ3v) is 2.41. The molecule has 2 N–H and O–H groups in total. The van der Waals surface area contributed by atoms with E-state index in [4.69, 9.17) is 22.1 Å². The molecular weight excluding hydrogens is 226 g/mol. The van der Waals surface area contributed by atoms with Crippen molar-refractivity contribution in [1.29, 1.82) is 0 Å². The summed E-state index contributed by atoms with van der Waals surface area (Å²) >= 11 is 5.05. The highest BCUT2D eigenvalue weighted by Crippen LogP contribution is 2.01. The zero-order chi connectivity index (χ0) is 12.0. The summed E-state index contributed by atoms with van der Waals surface area (Å²) in [4.78, 5) is 0. The van der Waals surface area contributed by atoms with Crippen LogP contribution in [0.15, 0.2) is 0 Å². The van der Waals surface area contributed by atoms with Crippen LogP contribution in [0.3, 0.4) is 0 Å². The monoisotopic (exact) mass is 245 g/mol. The fourth-order valence-corrected chi connectivity index (χ4v) is 1.59. The Hall–Kier alpha value is -0.720. The zero-order valence-corrected chi connectivity index (χ0v) is 10.6. The van der Waals surface area contributed by atoms with Crippen LogP contribution in [-0.4, -0.2) is 33.1 Å². The number of hydrogen-bond acceptors (Lipinski definition) is 4. The first-order valence-corrected chi connectivity index (χ1v) is 5.88. The van der Waals surface area contributed by atoms with E-state index in [0.29, 0.717) is 23.1 Å². The molecule has 0 bridgehead atoms. The van der Waals surface area contributed by atoms with Crippen LogP contribution in [0.25, 0.3) is 0 Å². The lowest BCUT2D eigenvalue weighted by Crippen LogP contribution is -2.09. The molecule has 6 heteroatoms. The average molecular weight is 245 g/mol. The van der Waals surface area contributed by atoms with Crippen molar-refractivity contribution in [3.8, 4) is 0 Å². The van der Waals surface area contributed by atoms with Crippen LogP contribution in [0.5, 0.6) is 0 Å². The summed E-state index contributed by atoms with van der Waals surface area (Å²) < 4.78 is 7.81. The third-order valence-electron chi connectivity index (χ3n) is 2.10. The lowest BCUT2D eigenvalue weighted by Gasteiger charge is -2.07. The molecular formula is C10H19N3O2S. The maximum Gasteiger partial charge on any atom is 0.195 e. The summed E-state index contributed by atoms with van der Waals surface area (Å²) in [7, 11) is 0. The number of aliphatic hydroxyl groups is 1. The molecule has 0 saturated carbocycles. The van der Waals surface area contributed by atoms with Gasteiger partial charge in [-0.15, -0.1) is 0 Å². The van der Waals surface area contributed by atoms with Crippen LogP contribution in [0, 0.1) is 10.7 Å². The van der Waals surface area contributed by atoms with E-state index in [1.165, 1.54) is 0 Å². The number of nitrogens with one attached hydrogen (secondary N) is 1. The Morgan fingerprint density at radius 3 is 2.94 bits per heavy atom. The van der Waals surface area contributed by atoms with Gasteiger partial charge < -0.3 is 14.4 Å². The molecule has 0 saturated heterocycles. The quantitative estimate of drug-likeness (QED) is 0.564. The number of aromatic amines is 1. The van der Waals surface area contributed by atoms with Gasteiger partial charge in [-0.25, -0.2) is 0 Å². The highest BCUT2D eigenvalue weighted by molar-refractivity contribution is 7.71. The molecule has 16 heavy (non-hydrogen) atoms. The van der Waals surface area contributed by atoms with Gasteiger partial charge in [0.05, 0.1) is 0 Å².